The molecule has 0 aromatic heterocycles. The maximum Gasteiger partial charge on any atom is 0.317 e. The number of carbonyl (C=O) groups is 1. The van der Waals surface area contributed by atoms with Crippen molar-refractivity contribution in [1.82, 2.24) is 14.9 Å². The molecule has 0 spiro atoms. The molecule has 2 amide bonds. The van der Waals surface area contributed by atoms with E-state index >= 15 is 0 Å². The van der Waals surface area contributed by atoms with Crippen LogP contribution in [0.1, 0.15) is 19.3 Å². The van der Waals surface area contributed by atoms with Crippen molar-refractivity contribution in [2.45, 2.75) is 19.3 Å². The fourth-order valence-electron chi connectivity index (χ4n) is 1.61. The highest BCUT2D eigenvalue weighted by atomic mass is 32.2. The Morgan fingerprint density at radius 2 is 1.81 bits per heavy atom. The average molecular weight is 249 g/mol. The maximum absolute atomic E-state index is 11.6. The highest BCUT2D eigenvalue weighted by Crippen LogP contribution is 2.07. The van der Waals surface area contributed by atoms with Crippen molar-refractivity contribution < 1.29 is 13.2 Å². The van der Waals surface area contributed by atoms with E-state index < -0.39 is 10.0 Å². The summed E-state index contributed by atoms with van der Waals surface area (Å²) in [5.74, 6) is 0. The SMILES string of the molecule is CS(=O)(=O)NCCNC(=O)N1CCCCC1. The Morgan fingerprint density at radius 3 is 2.38 bits per heavy atom. The van der Waals surface area contributed by atoms with Crippen molar-refractivity contribution in [3.63, 3.8) is 0 Å². The number of urea groups is 1. The van der Waals surface area contributed by atoms with Gasteiger partial charge in [-0.1, -0.05) is 0 Å². The monoisotopic (exact) mass is 249 g/mol. The summed E-state index contributed by atoms with van der Waals surface area (Å²) < 4.78 is 23.8. The van der Waals surface area contributed by atoms with Crippen LogP contribution in [0.5, 0.6) is 0 Å². The molecule has 7 heteroatoms. The second-order valence-corrected chi connectivity index (χ2v) is 5.78. The number of piperidine rings is 1. The second-order valence-electron chi connectivity index (χ2n) is 3.95. The summed E-state index contributed by atoms with van der Waals surface area (Å²) in [6, 6.07) is -0.102. The van der Waals surface area contributed by atoms with Gasteiger partial charge in [-0.15, -0.1) is 0 Å². The Kier molecular flexibility index (Phi) is 5.01. The number of amides is 2. The summed E-state index contributed by atoms with van der Waals surface area (Å²) in [5, 5.41) is 2.68. The van der Waals surface area contributed by atoms with Crippen LogP contribution < -0.4 is 10.0 Å². The van der Waals surface area contributed by atoms with Gasteiger partial charge in [0.05, 0.1) is 6.26 Å². The van der Waals surface area contributed by atoms with Gasteiger partial charge in [0, 0.05) is 26.2 Å². The fourth-order valence-corrected chi connectivity index (χ4v) is 2.09. The molecule has 1 aliphatic heterocycles. The molecule has 16 heavy (non-hydrogen) atoms. The number of likely N-dealkylation sites (tertiary alicyclic amines) is 1. The molecule has 0 aromatic rings. The Bertz CT molecular complexity index is 323. The highest BCUT2D eigenvalue weighted by molar-refractivity contribution is 7.88. The number of hydrogen-bond donors (Lipinski definition) is 2. The predicted molar refractivity (Wildman–Crippen MR) is 61.7 cm³/mol. The molecule has 2 N–H and O–H groups in total. The predicted octanol–water partition coefficient (Wildman–Crippen LogP) is -0.269. The van der Waals surface area contributed by atoms with Crippen LogP contribution in [0.4, 0.5) is 4.79 Å². The largest absolute Gasteiger partial charge is 0.337 e. The molecule has 1 rings (SSSR count). The first kappa shape index (κ1) is 13.2. The third-order valence-corrected chi connectivity index (χ3v) is 3.14. The molecule has 1 heterocycles. The molecule has 0 unspecified atom stereocenters. The first-order valence-electron chi connectivity index (χ1n) is 5.46. The molecule has 6 nitrogen and oxygen atoms in total. The molecule has 0 radical (unpaired) electrons. The minimum absolute atomic E-state index is 0.102. The topological polar surface area (TPSA) is 78.5 Å². The number of sulfonamides is 1. The number of carbonyl (C=O) groups excluding carboxylic acids is 1. The van der Waals surface area contributed by atoms with E-state index in [1.165, 1.54) is 6.42 Å². The number of hydrogen-bond acceptors (Lipinski definition) is 3. The van der Waals surface area contributed by atoms with Crippen molar-refractivity contribution in [3.05, 3.63) is 0 Å². The Balaban J connectivity index is 2.14. The number of nitrogens with zero attached hydrogens (tertiary/aromatic N) is 1. The standard InChI is InChI=1S/C9H19N3O3S/c1-16(14,15)11-6-5-10-9(13)12-7-3-2-4-8-12/h11H,2-8H2,1H3,(H,10,13). The van der Waals surface area contributed by atoms with E-state index in [0.717, 1.165) is 32.2 Å². The summed E-state index contributed by atoms with van der Waals surface area (Å²) in [6.45, 7) is 2.15. The molecule has 1 fully saturated rings. The van der Waals surface area contributed by atoms with Gasteiger partial charge in [-0.3, -0.25) is 0 Å². The molecule has 1 saturated heterocycles. The molecule has 0 saturated carbocycles. The molecule has 0 bridgehead atoms. The number of rotatable bonds is 4. The lowest BCUT2D eigenvalue weighted by Crippen LogP contribution is -2.45. The van der Waals surface area contributed by atoms with Crippen LogP contribution in [0.15, 0.2) is 0 Å². The molecular weight excluding hydrogens is 230 g/mol. The third-order valence-electron chi connectivity index (χ3n) is 2.41. The van der Waals surface area contributed by atoms with Crippen LogP contribution in [-0.2, 0) is 10.0 Å². The lowest BCUT2D eigenvalue weighted by Gasteiger charge is -2.26. The van der Waals surface area contributed by atoms with Gasteiger partial charge in [-0.2, -0.15) is 0 Å². The summed E-state index contributed by atoms with van der Waals surface area (Å²) >= 11 is 0. The molecule has 0 atom stereocenters. The van der Waals surface area contributed by atoms with Crippen LogP contribution in [0.2, 0.25) is 0 Å². The Morgan fingerprint density at radius 1 is 1.19 bits per heavy atom. The normalized spacial score (nSPS) is 17.2. The lowest BCUT2D eigenvalue weighted by atomic mass is 10.1. The van der Waals surface area contributed by atoms with E-state index in [4.69, 9.17) is 0 Å². The van der Waals surface area contributed by atoms with E-state index in [9.17, 15) is 13.2 Å². The second kappa shape index (κ2) is 6.05. The van der Waals surface area contributed by atoms with E-state index in [0.29, 0.717) is 6.54 Å². The van der Waals surface area contributed by atoms with Crippen molar-refractivity contribution in [1.29, 1.82) is 0 Å². The lowest BCUT2D eigenvalue weighted by molar-refractivity contribution is 0.186. The van der Waals surface area contributed by atoms with Crippen LogP contribution in [0.25, 0.3) is 0 Å². The van der Waals surface area contributed by atoms with Crippen molar-refractivity contribution >= 4 is 16.1 Å². The zero-order valence-corrected chi connectivity index (χ0v) is 10.3. The van der Waals surface area contributed by atoms with E-state index in [1.807, 2.05) is 0 Å². The summed E-state index contributed by atoms with van der Waals surface area (Å²) in [5.41, 5.74) is 0. The molecule has 94 valence electrons. The van der Waals surface area contributed by atoms with E-state index in [-0.39, 0.29) is 12.6 Å². The molecule has 0 aliphatic carbocycles. The first-order chi connectivity index (χ1) is 7.49. The molecule has 0 aromatic carbocycles. The molecule has 1 aliphatic rings. The van der Waals surface area contributed by atoms with Gasteiger partial charge in [-0.25, -0.2) is 17.9 Å². The minimum Gasteiger partial charge on any atom is -0.337 e. The van der Waals surface area contributed by atoms with Gasteiger partial charge in [0.15, 0.2) is 0 Å². The zero-order chi connectivity index (χ0) is 12.0. The van der Waals surface area contributed by atoms with Gasteiger partial charge in [0.2, 0.25) is 10.0 Å². The first-order valence-corrected chi connectivity index (χ1v) is 7.35. The third kappa shape index (κ3) is 5.32. The van der Waals surface area contributed by atoms with E-state index in [2.05, 4.69) is 10.0 Å². The van der Waals surface area contributed by atoms with Crippen LogP contribution in [0, 0.1) is 0 Å². The van der Waals surface area contributed by atoms with Crippen LogP contribution in [0.3, 0.4) is 0 Å². The van der Waals surface area contributed by atoms with Gasteiger partial charge >= 0.3 is 6.03 Å². The van der Waals surface area contributed by atoms with Gasteiger partial charge in [-0.05, 0) is 19.3 Å². The number of nitrogens with one attached hydrogen (secondary N) is 2. The molecular formula is C9H19N3O3S. The van der Waals surface area contributed by atoms with Gasteiger partial charge in [0.1, 0.15) is 0 Å². The van der Waals surface area contributed by atoms with Gasteiger partial charge < -0.3 is 10.2 Å². The maximum atomic E-state index is 11.6. The quantitative estimate of drug-likeness (QED) is 0.673. The zero-order valence-electron chi connectivity index (χ0n) is 9.53. The Hall–Kier alpha value is -0.820. The summed E-state index contributed by atoms with van der Waals surface area (Å²) in [4.78, 5) is 13.3. The van der Waals surface area contributed by atoms with Crippen LogP contribution in [-0.4, -0.2) is 51.8 Å². The smallest absolute Gasteiger partial charge is 0.317 e. The van der Waals surface area contributed by atoms with Gasteiger partial charge in [0.25, 0.3) is 0 Å². The average Bonchev–Trinajstić information content (AvgIpc) is 2.24. The summed E-state index contributed by atoms with van der Waals surface area (Å²) in [6.07, 6.45) is 4.38. The van der Waals surface area contributed by atoms with Crippen molar-refractivity contribution in [2.75, 3.05) is 32.4 Å². The van der Waals surface area contributed by atoms with Crippen molar-refractivity contribution in [2.24, 2.45) is 0 Å². The van der Waals surface area contributed by atoms with E-state index in [1.54, 1.807) is 4.90 Å². The minimum atomic E-state index is -3.16. The fraction of sp³-hybridized carbons (Fsp3) is 0.889. The van der Waals surface area contributed by atoms with Crippen molar-refractivity contribution in [3.8, 4) is 0 Å². The Labute approximate surface area is 96.4 Å². The summed E-state index contributed by atoms with van der Waals surface area (Å²) in [7, 11) is -3.16. The highest BCUT2D eigenvalue weighted by Gasteiger charge is 2.15. The van der Waals surface area contributed by atoms with Crippen LogP contribution >= 0.6 is 0 Å².